The van der Waals surface area contributed by atoms with Gasteiger partial charge in [-0.25, -0.2) is 17.5 Å². The Bertz CT molecular complexity index is 730. The van der Waals surface area contributed by atoms with E-state index in [4.69, 9.17) is 4.52 Å². The molecule has 1 heterocycles. The molecular weight excluding hydrogens is 299 g/mol. The maximum absolute atomic E-state index is 13.5. The average Bonchev–Trinajstić information content (AvgIpc) is 2.85. The number of sulfonamides is 1. The number of aromatic nitrogens is 2. The van der Waals surface area contributed by atoms with Crippen molar-refractivity contribution in [3.05, 3.63) is 41.3 Å². The lowest BCUT2D eigenvalue weighted by Crippen LogP contribution is -2.24. The van der Waals surface area contributed by atoms with E-state index in [1.54, 1.807) is 14.0 Å². The van der Waals surface area contributed by atoms with E-state index in [1.165, 1.54) is 12.1 Å². The number of rotatable bonds is 6. The van der Waals surface area contributed by atoms with Crippen LogP contribution in [0.4, 0.5) is 4.39 Å². The molecule has 0 saturated heterocycles. The summed E-state index contributed by atoms with van der Waals surface area (Å²) in [6.07, 6.45) is 0. The molecule has 0 bridgehead atoms. The molecule has 0 saturated carbocycles. The molecule has 0 spiro atoms. The minimum Gasteiger partial charge on any atom is -0.340 e. The minimum absolute atomic E-state index is 0.0191. The van der Waals surface area contributed by atoms with Gasteiger partial charge >= 0.3 is 0 Å². The molecule has 7 nitrogen and oxygen atoms in total. The fourth-order valence-electron chi connectivity index (χ4n) is 1.70. The van der Waals surface area contributed by atoms with Gasteiger partial charge in [0.05, 0.1) is 11.4 Å². The topological polar surface area (TPSA) is 97.1 Å². The summed E-state index contributed by atoms with van der Waals surface area (Å²) < 4.78 is 44.9. The summed E-state index contributed by atoms with van der Waals surface area (Å²) in [5.41, 5.74) is 0.274. The lowest BCUT2D eigenvalue weighted by molar-refractivity contribution is 0.387. The molecular formula is C12H15FN4O3S. The van der Waals surface area contributed by atoms with E-state index in [1.807, 2.05) is 0 Å². The van der Waals surface area contributed by atoms with Crippen molar-refractivity contribution < 1.29 is 17.3 Å². The molecule has 9 heteroatoms. The number of halogens is 1. The monoisotopic (exact) mass is 314 g/mol. The standard InChI is InChI=1S/C12H15FN4O3S/c1-8-16-12(17-20-8)7-15-21(18,19)10-3-4-11(13)9(5-10)6-14-2/h3-5,14-15H,6-7H2,1-2H3. The van der Waals surface area contributed by atoms with E-state index in [0.29, 0.717) is 5.89 Å². The number of benzene rings is 1. The molecule has 0 unspecified atom stereocenters. The predicted molar refractivity (Wildman–Crippen MR) is 72.2 cm³/mol. The van der Waals surface area contributed by atoms with E-state index >= 15 is 0 Å². The van der Waals surface area contributed by atoms with Gasteiger partial charge in [-0.1, -0.05) is 5.16 Å². The third kappa shape index (κ3) is 3.84. The summed E-state index contributed by atoms with van der Waals surface area (Å²) in [6.45, 7) is 1.74. The Balaban J connectivity index is 2.17. The average molecular weight is 314 g/mol. The highest BCUT2D eigenvalue weighted by Gasteiger charge is 2.17. The number of hydrogen-bond acceptors (Lipinski definition) is 6. The Morgan fingerprint density at radius 1 is 1.33 bits per heavy atom. The first-order chi connectivity index (χ1) is 9.92. The van der Waals surface area contributed by atoms with Crippen LogP contribution in [0.15, 0.2) is 27.6 Å². The molecule has 0 aliphatic heterocycles. The lowest BCUT2D eigenvalue weighted by Gasteiger charge is -2.08. The van der Waals surface area contributed by atoms with Crippen molar-refractivity contribution in [2.45, 2.75) is 24.9 Å². The Hall–Kier alpha value is -1.84. The predicted octanol–water partition coefficient (Wildman–Crippen LogP) is 0.715. The van der Waals surface area contributed by atoms with Crippen LogP contribution in [0, 0.1) is 12.7 Å². The van der Waals surface area contributed by atoms with E-state index in [0.717, 1.165) is 6.07 Å². The van der Waals surface area contributed by atoms with Crippen LogP contribution in [0.5, 0.6) is 0 Å². The lowest BCUT2D eigenvalue weighted by atomic mass is 10.2. The minimum atomic E-state index is -3.77. The van der Waals surface area contributed by atoms with Crippen molar-refractivity contribution in [2.24, 2.45) is 0 Å². The van der Waals surface area contributed by atoms with Crippen molar-refractivity contribution in [1.29, 1.82) is 0 Å². The summed E-state index contributed by atoms with van der Waals surface area (Å²) in [6, 6.07) is 3.62. The Morgan fingerprint density at radius 2 is 2.10 bits per heavy atom. The van der Waals surface area contributed by atoms with Gasteiger partial charge < -0.3 is 9.84 Å². The van der Waals surface area contributed by atoms with Crippen LogP contribution in [0.2, 0.25) is 0 Å². The van der Waals surface area contributed by atoms with Crippen LogP contribution in [0.25, 0.3) is 0 Å². The van der Waals surface area contributed by atoms with Crippen molar-refractivity contribution in [3.63, 3.8) is 0 Å². The summed E-state index contributed by atoms with van der Waals surface area (Å²) in [7, 11) is -2.12. The Kier molecular flexibility index (Phi) is 4.66. The fourth-order valence-corrected chi connectivity index (χ4v) is 2.73. The zero-order chi connectivity index (χ0) is 15.5. The second-order valence-electron chi connectivity index (χ2n) is 4.34. The van der Waals surface area contributed by atoms with E-state index in [9.17, 15) is 12.8 Å². The molecule has 0 atom stereocenters. The third-order valence-corrected chi connectivity index (χ3v) is 4.08. The molecule has 0 aliphatic rings. The summed E-state index contributed by atoms with van der Waals surface area (Å²) in [5, 5.41) is 6.37. The third-order valence-electron chi connectivity index (χ3n) is 2.68. The quantitative estimate of drug-likeness (QED) is 0.815. The summed E-state index contributed by atoms with van der Waals surface area (Å²) in [5.74, 6) is 0.119. The Labute approximate surface area is 121 Å². The number of aryl methyl sites for hydroxylation is 1. The molecule has 21 heavy (non-hydrogen) atoms. The van der Waals surface area contributed by atoms with Gasteiger partial charge in [0, 0.05) is 19.0 Å². The molecule has 1 aromatic heterocycles. The molecule has 0 fully saturated rings. The van der Waals surface area contributed by atoms with Crippen molar-refractivity contribution in [1.82, 2.24) is 20.2 Å². The van der Waals surface area contributed by atoms with Crippen LogP contribution in [0.3, 0.4) is 0 Å². The van der Waals surface area contributed by atoms with Crippen LogP contribution >= 0.6 is 0 Å². The van der Waals surface area contributed by atoms with Gasteiger partial charge in [-0.2, -0.15) is 4.98 Å². The molecule has 1 aromatic carbocycles. The van der Waals surface area contributed by atoms with E-state index in [-0.39, 0.29) is 29.4 Å². The normalized spacial score (nSPS) is 11.8. The highest BCUT2D eigenvalue weighted by Crippen LogP contribution is 2.15. The molecule has 0 radical (unpaired) electrons. The first-order valence-electron chi connectivity index (χ1n) is 6.14. The van der Waals surface area contributed by atoms with Crippen molar-refractivity contribution in [2.75, 3.05) is 7.05 Å². The molecule has 2 rings (SSSR count). The van der Waals surface area contributed by atoms with Gasteiger partial charge in [-0.15, -0.1) is 0 Å². The molecule has 0 amide bonds. The zero-order valence-corrected chi connectivity index (χ0v) is 12.4. The number of nitrogens with one attached hydrogen (secondary N) is 2. The van der Waals surface area contributed by atoms with Crippen LogP contribution < -0.4 is 10.0 Å². The first-order valence-corrected chi connectivity index (χ1v) is 7.62. The van der Waals surface area contributed by atoms with Gasteiger partial charge in [0.25, 0.3) is 0 Å². The smallest absolute Gasteiger partial charge is 0.240 e. The van der Waals surface area contributed by atoms with Gasteiger partial charge in [-0.3, -0.25) is 0 Å². The van der Waals surface area contributed by atoms with Gasteiger partial charge in [0.2, 0.25) is 15.9 Å². The number of nitrogens with zero attached hydrogens (tertiary/aromatic N) is 2. The second kappa shape index (κ2) is 6.29. The highest BCUT2D eigenvalue weighted by molar-refractivity contribution is 7.89. The van der Waals surface area contributed by atoms with Crippen LogP contribution in [-0.2, 0) is 23.1 Å². The molecule has 114 valence electrons. The van der Waals surface area contributed by atoms with Crippen molar-refractivity contribution >= 4 is 10.0 Å². The molecule has 2 aromatic rings. The highest BCUT2D eigenvalue weighted by atomic mass is 32.2. The van der Waals surface area contributed by atoms with Gasteiger partial charge in [0.15, 0.2) is 5.82 Å². The van der Waals surface area contributed by atoms with E-state index in [2.05, 4.69) is 20.2 Å². The van der Waals surface area contributed by atoms with E-state index < -0.39 is 15.8 Å². The largest absolute Gasteiger partial charge is 0.340 e. The van der Waals surface area contributed by atoms with Gasteiger partial charge in [0.1, 0.15) is 5.82 Å². The SMILES string of the molecule is CNCc1cc(S(=O)(=O)NCc2noc(C)n2)ccc1F. The first kappa shape index (κ1) is 15.5. The summed E-state index contributed by atoms with van der Waals surface area (Å²) >= 11 is 0. The zero-order valence-electron chi connectivity index (χ0n) is 11.6. The van der Waals surface area contributed by atoms with Crippen LogP contribution in [-0.4, -0.2) is 25.6 Å². The van der Waals surface area contributed by atoms with Crippen LogP contribution in [0.1, 0.15) is 17.3 Å². The number of hydrogen-bond donors (Lipinski definition) is 2. The second-order valence-corrected chi connectivity index (χ2v) is 6.10. The maximum Gasteiger partial charge on any atom is 0.240 e. The molecule has 2 N–H and O–H groups in total. The van der Waals surface area contributed by atoms with Gasteiger partial charge in [-0.05, 0) is 25.2 Å². The molecule has 0 aliphatic carbocycles. The summed E-state index contributed by atoms with van der Waals surface area (Å²) in [4.78, 5) is 3.87. The Morgan fingerprint density at radius 3 is 2.71 bits per heavy atom. The van der Waals surface area contributed by atoms with Crippen molar-refractivity contribution in [3.8, 4) is 0 Å². The fraction of sp³-hybridized carbons (Fsp3) is 0.333. The maximum atomic E-state index is 13.5.